The molecule has 0 radical (unpaired) electrons. The Balaban J connectivity index is 0.811. The van der Waals surface area contributed by atoms with Crippen LogP contribution in [0.2, 0.25) is 0 Å². The molecule has 4 bridgehead atoms. The van der Waals surface area contributed by atoms with Gasteiger partial charge in [0.05, 0.1) is 28.1 Å². The summed E-state index contributed by atoms with van der Waals surface area (Å²) in [7, 11) is 0. The zero-order valence-electron chi connectivity index (χ0n) is 46.3. The van der Waals surface area contributed by atoms with Crippen LogP contribution >= 0.6 is 0 Å². The molecular weight excluding hydrogens is 985 g/mol. The predicted octanol–water partition coefficient (Wildman–Crippen LogP) is 19.9. The second-order valence-corrected chi connectivity index (χ2v) is 24.8. The highest BCUT2D eigenvalue weighted by atomic mass is 16.5. The SMILES string of the molecule is CC(C)(C)c1cc(Oc2ccc3c4ccccc4n(-c4cc(C5(c6cccc7c6ccc6ccccc67)C6CC7CC(C6)CC5C7)ccn4)c3c2)cc(N2CN(c3c(-c4ccccc4)cccc3-c3ccccc3)c3ccccc32)c1. The average molecular weight is 1050 g/mol. The van der Waals surface area contributed by atoms with E-state index < -0.39 is 0 Å². The minimum Gasteiger partial charge on any atom is -0.457 e. The second kappa shape index (κ2) is 18.6. The van der Waals surface area contributed by atoms with Crippen molar-refractivity contribution in [3.05, 3.63) is 253 Å². The van der Waals surface area contributed by atoms with Crippen molar-refractivity contribution >= 4 is 66.1 Å². The van der Waals surface area contributed by atoms with Gasteiger partial charge in [-0.15, -0.1) is 0 Å². The van der Waals surface area contributed by atoms with Crippen LogP contribution < -0.4 is 14.5 Å². The van der Waals surface area contributed by atoms with E-state index >= 15 is 0 Å². The summed E-state index contributed by atoms with van der Waals surface area (Å²) in [6, 6.07) is 85.3. The van der Waals surface area contributed by atoms with E-state index in [1.165, 1.54) is 109 Å². The molecule has 0 saturated heterocycles. The molecule has 5 aliphatic rings. The van der Waals surface area contributed by atoms with Crippen LogP contribution in [-0.4, -0.2) is 16.2 Å². The molecule has 0 amide bonds. The molecule has 12 aromatic rings. The molecule has 4 fully saturated rings. The number of aromatic nitrogens is 2. The number of para-hydroxylation sites is 4. The van der Waals surface area contributed by atoms with Crippen LogP contribution in [0.5, 0.6) is 11.5 Å². The number of nitrogens with zero attached hydrogens (tertiary/aromatic N) is 4. The molecule has 0 atom stereocenters. The van der Waals surface area contributed by atoms with Crippen LogP contribution in [0, 0.1) is 23.7 Å². The van der Waals surface area contributed by atoms with Gasteiger partial charge in [0, 0.05) is 51.3 Å². The molecule has 0 unspecified atom stereocenters. The highest BCUT2D eigenvalue weighted by Crippen LogP contribution is 2.66. The van der Waals surface area contributed by atoms with Crippen molar-refractivity contribution in [2.45, 2.75) is 63.7 Å². The smallest absolute Gasteiger partial charge is 0.137 e. The zero-order valence-corrected chi connectivity index (χ0v) is 46.3. The van der Waals surface area contributed by atoms with Gasteiger partial charge < -0.3 is 14.5 Å². The maximum atomic E-state index is 7.22. The monoisotopic (exact) mass is 1050 g/mol. The van der Waals surface area contributed by atoms with E-state index in [9.17, 15) is 0 Å². The molecule has 2 aromatic heterocycles. The first-order valence-corrected chi connectivity index (χ1v) is 29.4. The maximum absolute atomic E-state index is 7.22. The van der Waals surface area contributed by atoms with Crippen LogP contribution in [0.4, 0.5) is 22.7 Å². The van der Waals surface area contributed by atoms with E-state index in [2.05, 4.69) is 272 Å². The Morgan fingerprint density at radius 1 is 0.469 bits per heavy atom. The van der Waals surface area contributed by atoms with Gasteiger partial charge in [0.15, 0.2) is 0 Å². The second-order valence-electron chi connectivity index (χ2n) is 24.8. The number of hydrogen-bond donors (Lipinski definition) is 0. The maximum Gasteiger partial charge on any atom is 0.137 e. The minimum atomic E-state index is -0.158. The molecule has 4 aliphatic carbocycles. The summed E-state index contributed by atoms with van der Waals surface area (Å²) >= 11 is 0. The topological polar surface area (TPSA) is 33.5 Å². The summed E-state index contributed by atoms with van der Waals surface area (Å²) in [5, 5.41) is 7.78. The first-order chi connectivity index (χ1) is 39.7. The van der Waals surface area contributed by atoms with E-state index in [0.29, 0.717) is 18.5 Å². The van der Waals surface area contributed by atoms with E-state index in [-0.39, 0.29) is 10.8 Å². The minimum absolute atomic E-state index is 0.127. The van der Waals surface area contributed by atoms with Crippen molar-refractivity contribution in [3.63, 3.8) is 0 Å². The van der Waals surface area contributed by atoms with E-state index in [4.69, 9.17) is 9.72 Å². The highest BCUT2D eigenvalue weighted by Gasteiger charge is 2.59. The van der Waals surface area contributed by atoms with Crippen LogP contribution in [0.15, 0.2) is 237 Å². The summed E-state index contributed by atoms with van der Waals surface area (Å²) in [5.74, 6) is 5.33. The molecule has 4 saturated carbocycles. The van der Waals surface area contributed by atoms with E-state index in [0.717, 1.165) is 57.2 Å². The average Bonchev–Trinajstić information content (AvgIpc) is 3.82. The van der Waals surface area contributed by atoms with Crippen molar-refractivity contribution < 1.29 is 4.74 Å². The molecule has 17 rings (SSSR count). The zero-order chi connectivity index (χ0) is 54.0. The Labute approximate surface area is 474 Å². The first-order valence-electron chi connectivity index (χ1n) is 29.4. The Morgan fingerprint density at radius 2 is 1.09 bits per heavy atom. The van der Waals surface area contributed by atoms with Crippen LogP contribution in [-0.2, 0) is 10.8 Å². The summed E-state index contributed by atoms with van der Waals surface area (Å²) in [6.45, 7) is 7.51. The van der Waals surface area contributed by atoms with Gasteiger partial charge in [-0.05, 0) is 165 Å². The number of hydrogen-bond acceptors (Lipinski definition) is 4. The summed E-state index contributed by atoms with van der Waals surface area (Å²) in [5.41, 5.74) is 15.4. The molecule has 5 heteroatoms. The van der Waals surface area contributed by atoms with Crippen LogP contribution in [0.3, 0.4) is 0 Å². The van der Waals surface area contributed by atoms with Crippen molar-refractivity contribution in [1.29, 1.82) is 0 Å². The lowest BCUT2D eigenvalue weighted by Crippen LogP contribution is -2.56. The number of anilines is 4. The predicted molar refractivity (Wildman–Crippen MR) is 336 cm³/mol. The normalized spacial score (nSPS) is 20.2. The summed E-state index contributed by atoms with van der Waals surface area (Å²) < 4.78 is 9.63. The van der Waals surface area contributed by atoms with Crippen molar-refractivity contribution in [3.8, 4) is 39.6 Å². The fourth-order valence-corrected chi connectivity index (χ4v) is 16.0. The Hall–Kier alpha value is -8.93. The summed E-state index contributed by atoms with van der Waals surface area (Å²) in [6.07, 6.45) is 8.69. The van der Waals surface area contributed by atoms with Gasteiger partial charge in [-0.25, -0.2) is 4.98 Å². The highest BCUT2D eigenvalue weighted by molar-refractivity contribution is 6.10. The Kier molecular flexibility index (Phi) is 11.0. The van der Waals surface area contributed by atoms with E-state index in [1.807, 2.05) is 0 Å². The molecule has 81 heavy (non-hydrogen) atoms. The number of rotatable bonds is 9. The van der Waals surface area contributed by atoms with Crippen molar-refractivity contribution in [2.24, 2.45) is 23.7 Å². The van der Waals surface area contributed by atoms with Gasteiger partial charge in [0.25, 0.3) is 0 Å². The molecule has 10 aromatic carbocycles. The first kappa shape index (κ1) is 48.0. The fraction of sp³-hybridized carbons (Fsp3) is 0.197. The lowest BCUT2D eigenvalue weighted by Gasteiger charge is -2.62. The lowest BCUT2D eigenvalue weighted by atomic mass is 9.42. The van der Waals surface area contributed by atoms with Gasteiger partial charge in [0.1, 0.15) is 24.0 Å². The molecule has 5 nitrogen and oxygen atoms in total. The number of pyridine rings is 1. The van der Waals surface area contributed by atoms with Gasteiger partial charge >= 0.3 is 0 Å². The molecule has 1 aliphatic heterocycles. The Morgan fingerprint density at radius 3 is 1.81 bits per heavy atom. The third-order valence-corrected chi connectivity index (χ3v) is 19.3. The van der Waals surface area contributed by atoms with Crippen molar-refractivity contribution in [2.75, 3.05) is 16.5 Å². The largest absolute Gasteiger partial charge is 0.457 e. The van der Waals surface area contributed by atoms with Crippen LogP contribution in [0.25, 0.3) is 71.4 Å². The molecule has 0 N–H and O–H groups in total. The van der Waals surface area contributed by atoms with Crippen molar-refractivity contribution in [1.82, 2.24) is 9.55 Å². The lowest BCUT2D eigenvalue weighted by molar-refractivity contribution is -0.0412. The quantitative estimate of drug-likeness (QED) is 0.135. The summed E-state index contributed by atoms with van der Waals surface area (Å²) in [4.78, 5) is 10.3. The third kappa shape index (κ3) is 7.68. The molecule has 3 heterocycles. The third-order valence-electron chi connectivity index (χ3n) is 19.3. The van der Waals surface area contributed by atoms with Gasteiger partial charge in [-0.1, -0.05) is 185 Å². The number of fused-ring (bicyclic) bond motifs is 7. The fourth-order valence-electron chi connectivity index (χ4n) is 16.0. The van der Waals surface area contributed by atoms with Gasteiger partial charge in [0.2, 0.25) is 0 Å². The molecule has 0 spiro atoms. The van der Waals surface area contributed by atoms with Gasteiger partial charge in [-0.3, -0.25) is 4.57 Å². The Bertz CT molecular complexity index is 4350. The number of ether oxygens (including phenoxy) is 1. The van der Waals surface area contributed by atoms with Gasteiger partial charge in [-0.2, -0.15) is 0 Å². The van der Waals surface area contributed by atoms with E-state index in [1.54, 1.807) is 0 Å². The number of benzene rings is 10. The molecular formula is C76H64N4O. The van der Waals surface area contributed by atoms with Crippen LogP contribution in [0.1, 0.15) is 69.6 Å². The molecule has 394 valence electrons. The standard InChI is InChI=1S/C76H64N4O/c1-75(2,3)55-43-58(78-48-79(71-31-15-14-30-70(71)78)74-62(51-18-6-4-7-19-51)25-16-26-63(74)52-20-8-5-9-21-52)46-60(44-55)81-59-33-35-67-66-24-12-13-29-69(66)80(72(67)47-59)73-45-54(36-37-77-73)76(56-39-49-38-50(41-56)42-57(76)40-49)68-28-17-27-64-61-23-11-10-22-53(61)32-34-65(64)68/h4-37,43-47,49-50,56-57H,38-42,48H2,1-3H3.